The SMILES string of the molecule is Cc1nc(N2C3CCC2CN(C)C3)c(C#N)c(C)c1N. The third-order valence-electron chi connectivity index (χ3n) is 4.69. The molecule has 2 aliphatic rings. The number of anilines is 2. The van der Waals surface area contributed by atoms with Gasteiger partial charge in [0.1, 0.15) is 11.9 Å². The van der Waals surface area contributed by atoms with E-state index in [0.29, 0.717) is 23.3 Å². The van der Waals surface area contributed by atoms with Crippen LogP contribution >= 0.6 is 0 Å². The third-order valence-corrected chi connectivity index (χ3v) is 4.69. The zero-order valence-electron chi connectivity index (χ0n) is 12.3. The first-order valence-electron chi connectivity index (χ1n) is 7.16. The summed E-state index contributed by atoms with van der Waals surface area (Å²) in [5.41, 5.74) is 9.01. The number of nitrogen functional groups attached to an aromatic ring is 1. The molecule has 2 saturated heterocycles. The molecule has 2 N–H and O–H groups in total. The van der Waals surface area contributed by atoms with Crippen molar-refractivity contribution in [3.8, 4) is 6.07 Å². The van der Waals surface area contributed by atoms with Crippen molar-refractivity contribution in [1.82, 2.24) is 9.88 Å². The Kier molecular flexibility index (Phi) is 3.06. The Hall–Kier alpha value is -1.80. The first kappa shape index (κ1) is 13.2. The number of nitrogens with two attached hydrogens (primary N) is 1. The summed E-state index contributed by atoms with van der Waals surface area (Å²) in [6.07, 6.45) is 2.37. The molecular formula is C15H21N5. The Labute approximate surface area is 120 Å². The van der Waals surface area contributed by atoms with Crippen LogP contribution < -0.4 is 10.6 Å². The molecule has 2 unspecified atom stereocenters. The molecule has 0 aliphatic carbocycles. The van der Waals surface area contributed by atoms with Gasteiger partial charge in [0.05, 0.1) is 16.9 Å². The molecule has 0 amide bonds. The second-order valence-electron chi connectivity index (χ2n) is 6.06. The van der Waals surface area contributed by atoms with E-state index in [4.69, 9.17) is 5.73 Å². The minimum Gasteiger partial charge on any atom is -0.397 e. The fraction of sp³-hybridized carbons (Fsp3) is 0.600. The van der Waals surface area contributed by atoms with Crippen molar-refractivity contribution in [1.29, 1.82) is 5.26 Å². The van der Waals surface area contributed by atoms with E-state index in [-0.39, 0.29) is 0 Å². The van der Waals surface area contributed by atoms with Crippen LogP contribution in [-0.2, 0) is 0 Å². The van der Waals surface area contributed by atoms with Gasteiger partial charge in [-0.2, -0.15) is 5.26 Å². The molecule has 2 fully saturated rings. The maximum atomic E-state index is 9.51. The molecule has 2 aliphatic heterocycles. The van der Waals surface area contributed by atoms with Crippen molar-refractivity contribution in [2.75, 3.05) is 30.8 Å². The van der Waals surface area contributed by atoms with Gasteiger partial charge in [0.25, 0.3) is 0 Å². The molecule has 3 rings (SSSR count). The van der Waals surface area contributed by atoms with E-state index in [9.17, 15) is 5.26 Å². The average molecular weight is 271 g/mol. The molecular weight excluding hydrogens is 250 g/mol. The lowest BCUT2D eigenvalue weighted by Crippen LogP contribution is -2.53. The summed E-state index contributed by atoms with van der Waals surface area (Å²) in [5, 5.41) is 9.51. The Morgan fingerprint density at radius 1 is 1.25 bits per heavy atom. The van der Waals surface area contributed by atoms with Gasteiger partial charge in [-0.1, -0.05) is 0 Å². The predicted octanol–water partition coefficient (Wildman–Crippen LogP) is 1.44. The van der Waals surface area contributed by atoms with Gasteiger partial charge in [-0.05, 0) is 39.3 Å². The van der Waals surface area contributed by atoms with Gasteiger partial charge in [-0.25, -0.2) is 4.98 Å². The first-order chi connectivity index (χ1) is 9.52. The fourth-order valence-corrected chi connectivity index (χ4v) is 3.63. The molecule has 106 valence electrons. The number of hydrogen-bond donors (Lipinski definition) is 1. The number of piperazine rings is 1. The minimum atomic E-state index is 0.473. The van der Waals surface area contributed by atoms with Gasteiger partial charge in [-0.3, -0.25) is 0 Å². The number of nitrogens with zero attached hydrogens (tertiary/aromatic N) is 4. The number of pyridine rings is 1. The number of nitriles is 1. The lowest BCUT2D eigenvalue weighted by Gasteiger charge is -2.41. The molecule has 0 saturated carbocycles. The molecule has 1 aromatic heterocycles. The molecule has 2 atom stereocenters. The molecule has 0 aromatic carbocycles. The Bertz CT molecular complexity index is 575. The molecule has 5 nitrogen and oxygen atoms in total. The van der Waals surface area contributed by atoms with Gasteiger partial charge < -0.3 is 15.5 Å². The van der Waals surface area contributed by atoms with Crippen molar-refractivity contribution < 1.29 is 0 Å². The largest absolute Gasteiger partial charge is 0.397 e. The molecule has 0 radical (unpaired) electrons. The zero-order chi connectivity index (χ0) is 14.4. The molecule has 3 heterocycles. The number of aromatic nitrogens is 1. The number of aryl methyl sites for hydroxylation is 1. The van der Waals surface area contributed by atoms with Gasteiger partial charge in [0, 0.05) is 25.2 Å². The van der Waals surface area contributed by atoms with E-state index >= 15 is 0 Å². The molecule has 1 aromatic rings. The van der Waals surface area contributed by atoms with E-state index in [0.717, 1.165) is 30.2 Å². The highest BCUT2D eigenvalue weighted by molar-refractivity contribution is 5.68. The van der Waals surface area contributed by atoms with E-state index in [2.05, 4.69) is 27.9 Å². The van der Waals surface area contributed by atoms with E-state index in [1.54, 1.807) is 0 Å². The standard InChI is InChI=1S/C15H21N5/c1-9-13(6-16)15(18-10(2)14(9)17)20-11-4-5-12(20)8-19(3)7-11/h11-12H,4-5,7-8,17H2,1-3H3. The summed E-state index contributed by atoms with van der Waals surface area (Å²) < 4.78 is 0. The van der Waals surface area contributed by atoms with Crippen LogP contribution in [0.25, 0.3) is 0 Å². The number of likely N-dealkylation sites (tertiary alicyclic amines) is 1. The third kappa shape index (κ3) is 1.83. The van der Waals surface area contributed by atoms with Crippen molar-refractivity contribution in [2.24, 2.45) is 0 Å². The van der Waals surface area contributed by atoms with Crippen molar-refractivity contribution in [3.63, 3.8) is 0 Å². The quantitative estimate of drug-likeness (QED) is 0.837. The summed E-state index contributed by atoms with van der Waals surface area (Å²) in [6, 6.07) is 3.26. The first-order valence-corrected chi connectivity index (χ1v) is 7.16. The Balaban J connectivity index is 2.10. The van der Waals surface area contributed by atoms with Crippen molar-refractivity contribution in [2.45, 2.75) is 38.8 Å². The predicted molar refractivity (Wildman–Crippen MR) is 79.6 cm³/mol. The summed E-state index contributed by atoms with van der Waals surface area (Å²) in [4.78, 5) is 9.40. The lowest BCUT2D eigenvalue weighted by molar-refractivity contribution is 0.263. The Morgan fingerprint density at radius 3 is 2.40 bits per heavy atom. The van der Waals surface area contributed by atoms with Crippen LogP contribution in [0, 0.1) is 25.2 Å². The second kappa shape index (κ2) is 4.64. The number of hydrogen-bond acceptors (Lipinski definition) is 5. The zero-order valence-corrected chi connectivity index (χ0v) is 12.3. The smallest absolute Gasteiger partial charge is 0.147 e. The fourth-order valence-electron chi connectivity index (χ4n) is 3.63. The molecule has 0 spiro atoms. The average Bonchev–Trinajstić information content (AvgIpc) is 2.67. The minimum absolute atomic E-state index is 0.473. The van der Waals surface area contributed by atoms with Crippen LogP contribution in [0.3, 0.4) is 0 Å². The van der Waals surface area contributed by atoms with Gasteiger partial charge >= 0.3 is 0 Å². The molecule has 20 heavy (non-hydrogen) atoms. The van der Waals surface area contributed by atoms with E-state index < -0.39 is 0 Å². The summed E-state index contributed by atoms with van der Waals surface area (Å²) in [5.74, 6) is 0.845. The summed E-state index contributed by atoms with van der Waals surface area (Å²) in [7, 11) is 2.17. The molecule has 2 bridgehead atoms. The van der Waals surface area contributed by atoms with Gasteiger partial charge in [-0.15, -0.1) is 0 Å². The van der Waals surface area contributed by atoms with Gasteiger partial charge in [0.2, 0.25) is 0 Å². The van der Waals surface area contributed by atoms with E-state index in [1.165, 1.54) is 12.8 Å². The van der Waals surface area contributed by atoms with Crippen LogP contribution in [-0.4, -0.2) is 42.1 Å². The maximum absolute atomic E-state index is 9.51. The summed E-state index contributed by atoms with van der Waals surface area (Å²) in [6.45, 7) is 5.94. The van der Waals surface area contributed by atoms with Crippen molar-refractivity contribution >= 4 is 11.5 Å². The number of rotatable bonds is 1. The topological polar surface area (TPSA) is 69.2 Å². The van der Waals surface area contributed by atoms with Crippen molar-refractivity contribution in [3.05, 3.63) is 16.8 Å². The second-order valence-corrected chi connectivity index (χ2v) is 6.06. The number of fused-ring (bicyclic) bond motifs is 2. The number of likely N-dealkylation sites (N-methyl/N-ethyl adjacent to an activating group) is 1. The van der Waals surface area contributed by atoms with Crippen LogP contribution in [0.2, 0.25) is 0 Å². The highest BCUT2D eigenvalue weighted by Gasteiger charge is 2.40. The maximum Gasteiger partial charge on any atom is 0.147 e. The van der Waals surface area contributed by atoms with E-state index in [1.807, 2.05) is 13.8 Å². The highest BCUT2D eigenvalue weighted by Crippen LogP contribution is 2.37. The highest BCUT2D eigenvalue weighted by atomic mass is 15.3. The van der Waals surface area contributed by atoms with Crippen LogP contribution in [0.5, 0.6) is 0 Å². The van der Waals surface area contributed by atoms with Gasteiger partial charge in [0.15, 0.2) is 0 Å². The normalized spacial score (nSPS) is 25.8. The summed E-state index contributed by atoms with van der Waals surface area (Å²) >= 11 is 0. The lowest BCUT2D eigenvalue weighted by atomic mass is 10.1. The van der Waals surface area contributed by atoms with Crippen LogP contribution in [0.15, 0.2) is 0 Å². The Morgan fingerprint density at radius 2 is 1.85 bits per heavy atom. The van der Waals surface area contributed by atoms with Crippen LogP contribution in [0.1, 0.15) is 29.7 Å². The monoisotopic (exact) mass is 271 g/mol. The molecule has 5 heteroatoms. The van der Waals surface area contributed by atoms with Crippen LogP contribution in [0.4, 0.5) is 11.5 Å².